The van der Waals surface area contributed by atoms with Crippen LogP contribution in [0.25, 0.3) is 0 Å². The highest BCUT2D eigenvalue weighted by Gasteiger charge is 2.29. The first kappa shape index (κ1) is 19.7. The molecule has 0 fully saturated rings. The zero-order chi connectivity index (χ0) is 14.9. The molecule has 0 aromatic rings. The van der Waals surface area contributed by atoms with Gasteiger partial charge in [-0.3, -0.25) is 0 Å². The van der Waals surface area contributed by atoms with Crippen LogP contribution in [-0.4, -0.2) is 85.3 Å². The minimum absolute atomic E-state index is 0.0258. The molecular weight excluding hydrogens is 248 g/mol. The number of hydrogen-bond donors (Lipinski definition) is 7. The first-order valence-electron chi connectivity index (χ1n) is 5.33. The molecule has 0 radical (unpaired) electrons. The Morgan fingerprint density at radius 1 is 0.889 bits per heavy atom. The molecule has 0 aromatic heterocycles. The number of aliphatic hydroxyl groups excluding tert-OH is 7. The Labute approximate surface area is 105 Å². The van der Waals surface area contributed by atoms with Crippen molar-refractivity contribution in [3.63, 3.8) is 0 Å². The summed E-state index contributed by atoms with van der Waals surface area (Å²) in [5, 5.41) is 60.3. The second-order valence-corrected chi connectivity index (χ2v) is 3.84. The molecule has 18 heavy (non-hydrogen) atoms. The smallest absolute Gasteiger partial charge is 0.151 e. The maximum Gasteiger partial charge on any atom is 0.151 e. The van der Waals surface area contributed by atoms with Crippen LogP contribution in [0.2, 0.25) is 0 Å². The van der Waals surface area contributed by atoms with E-state index in [1.54, 1.807) is 13.8 Å². The van der Waals surface area contributed by atoms with Crippen molar-refractivity contribution < 1.29 is 40.5 Å². The van der Waals surface area contributed by atoms with Gasteiger partial charge in [-0.25, -0.2) is 0 Å². The van der Waals surface area contributed by atoms with E-state index in [-0.39, 0.29) is 6.29 Å². The summed E-state index contributed by atoms with van der Waals surface area (Å²) < 4.78 is 0. The van der Waals surface area contributed by atoms with Gasteiger partial charge in [0.15, 0.2) is 6.29 Å². The van der Waals surface area contributed by atoms with Crippen molar-refractivity contribution in [3.8, 4) is 0 Å². The topological polar surface area (TPSA) is 159 Å². The van der Waals surface area contributed by atoms with Gasteiger partial charge in [0.05, 0.1) is 18.8 Å². The maximum absolute atomic E-state index is 9.90. The maximum atomic E-state index is 9.90. The lowest BCUT2D eigenvalue weighted by molar-refractivity contribution is -0.136. The molecule has 6 atom stereocenters. The molecule has 0 amide bonds. The molecule has 0 saturated heterocycles. The standard InChI is InChI=1S/C6H12O6.C4H10O2/c7-1-3(9)5(11)6(12)4(10)2-8;1-3(5)4(2)6/h1,3-6,8-12H,2H2;3-6H,1-2H3/t3-,4+,5+,6+;/m0./s1. The van der Waals surface area contributed by atoms with E-state index in [9.17, 15) is 4.79 Å². The van der Waals surface area contributed by atoms with Crippen LogP contribution < -0.4 is 0 Å². The number of hydrogen-bond acceptors (Lipinski definition) is 8. The fraction of sp³-hybridized carbons (Fsp3) is 0.900. The van der Waals surface area contributed by atoms with E-state index in [1.165, 1.54) is 0 Å². The van der Waals surface area contributed by atoms with Crippen LogP contribution in [0.3, 0.4) is 0 Å². The van der Waals surface area contributed by atoms with E-state index < -0.39 is 43.2 Å². The molecule has 0 aliphatic carbocycles. The Bertz CT molecular complexity index is 202. The van der Waals surface area contributed by atoms with Crippen LogP contribution in [0, 0.1) is 0 Å². The number of carbonyl (C=O) groups excluding carboxylic acids is 1. The van der Waals surface area contributed by atoms with Gasteiger partial charge in [0.25, 0.3) is 0 Å². The van der Waals surface area contributed by atoms with Gasteiger partial charge in [-0.15, -0.1) is 0 Å². The lowest BCUT2D eigenvalue weighted by atomic mass is 10.0. The van der Waals surface area contributed by atoms with Gasteiger partial charge in [-0.2, -0.15) is 0 Å². The number of aliphatic hydroxyl groups is 7. The molecule has 0 saturated carbocycles. The molecule has 8 heteroatoms. The fourth-order valence-corrected chi connectivity index (χ4v) is 0.618. The predicted octanol–water partition coefficient (Wildman–Crippen LogP) is -3.63. The average molecular weight is 270 g/mol. The van der Waals surface area contributed by atoms with Gasteiger partial charge in [0, 0.05) is 0 Å². The first-order valence-corrected chi connectivity index (χ1v) is 5.33. The summed E-state index contributed by atoms with van der Waals surface area (Å²) in [5.41, 5.74) is 0. The SMILES string of the molecule is CC(O)C(C)O.O=C[C@H](O)[C@@H](O)[C@H](O)[C@H](O)CO. The highest BCUT2D eigenvalue weighted by molar-refractivity contribution is 5.56. The quantitative estimate of drug-likeness (QED) is 0.243. The van der Waals surface area contributed by atoms with Gasteiger partial charge >= 0.3 is 0 Å². The normalized spacial score (nSPS) is 20.7. The summed E-state index contributed by atoms with van der Waals surface area (Å²) in [5.74, 6) is 0. The Hall–Kier alpha value is -0.610. The Morgan fingerprint density at radius 3 is 1.50 bits per heavy atom. The van der Waals surface area contributed by atoms with Crippen LogP contribution >= 0.6 is 0 Å². The summed E-state index contributed by atoms with van der Waals surface area (Å²) in [6.45, 7) is 2.33. The molecule has 2 unspecified atom stereocenters. The molecule has 7 N–H and O–H groups in total. The van der Waals surface area contributed by atoms with Crippen LogP contribution in [0.15, 0.2) is 0 Å². The largest absolute Gasteiger partial charge is 0.394 e. The first-order chi connectivity index (χ1) is 8.18. The van der Waals surface area contributed by atoms with Crippen LogP contribution in [0.4, 0.5) is 0 Å². The molecule has 0 rings (SSSR count). The minimum atomic E-state index is -1.79. The summed E-state index contributed by atoms with van der Waals surface area (Å²) in [6.07, 6.45) is -8.02. The van der Waals surface area contributed by atoms with Gasteiger partial charge in [0.1, 0.15) is 24.4 Å². The fourth-order valence-electron chi connectivity index (χ4n) is 0.618. The van der Waals surface area contributed by atoms with Crippen LogP contribution in [0.5, 0.6) is 0 Å². The molecule has 0 aliphatic rings. The van der Waals surface area contributed by atoms with Crippen LogP contribution in [-0.2, 0) is 4.79 Å². The van der Waals surface area contributed by atoms with Crippen LogP contribution in [0.1, 0.15) is 13.8 Å². The number of aldehydes is 1. The third-order valence-electron chi connectivity index (χ3n) is 2.12. The summed E-state index contributed by atoms with van der Waals surface area (Å²) in [7, 11) is 0. The van der Waals surface area contributed by atoms with Crippen molar-refractivity contribution in [2.45, 2.75) is 50.5 Å². The molecular formula is C10H22O8. The summed E-state index contributed by atoms with van der Waals surface area (Å²) in [6, 6.07) is 0. The van der Waals surface area contributed by atoms with Gasteiger partial charge in [0.2, 0.25) is 0 Å². The van der Waals surface area contributed by atoms with Crippen molar-refractivity contribution in [2.75, 3.05) is 6.61 Å². The van der Waals surface area contributed by atoms with Gasteiger partial charge < -0.3 is 40.5 Å². The van der Waals surface area contributed by atoms with E-state index in [2.05, 4.69) is 0 Å². The van der Waals surface area contributed by atoms with E-state index in [0.29, 0.717) is 0 Å². The predicted molar refractivity (Wildman–Crippen MR) is 60.5 cm³/mol. The summed E-state index contributed by atoms with van der Waals surface area (Å²) >= 11 is 0. The molecule has 0 heterocycles. The van der Waals surface area contributed by atoms with Gasteiger partial charge in [-0.05, 0) is 13.8 Å². The van der Waals surface area contributed by atoms with Crippen molar-refractivity contribution in [3.05, 3.63) is 0 Å². The molecule has 0 aromatic carbocycles. The third kappa shape index (κ3) is 8.48. The zero-order valence-corrected chi connectivity index (χ0v) is 10.3. The van der Waals surface area contributed by atoms with Crippen molar-refractivity contribution in [2.24, 2.45) is 0 Å². The Balaban J connectivity index is 0. The van der Waals surface area contributed by atoms with E-state index in [4.69, 9.17) is 35.7 Å². The molecule has 110 valence electrons. The Kier molecular flexibility index (Phi) is 11.3. The lowest BCUT2D eigenvalue weighted by Gasteiger charge is -2.22. The molecule has 0 bridgehead atoms. The second kappa shape index (κ2) is 10.3. The van der Waals surface area contributed by atoms with E-state index >= 15 is 0 Å². The minimum Gasteiger partial charge on any atom is -0.394 e. The highest BCUT2D eigenvalue weighted by Crippen LogP contribution is 2.02. The average Bonchev–Trinajstić information content (AvgIpc) is 2.35. The monoisotopic (exact) mass is 270 g/mol. The summed E-state index contributed by atoms with van der Waals surface area (Å²) in [4.78, 5) is 9.90. The Morgan fingerprint density at radius 2 is 1.28 bits per heavy atom. The third-order valence-corrected chi connectivity index (χ3v) is 2.12. The van der Waals surface area contributed by atoms with Crippen molar-refractivity contribution in [1.82, 2.24) is 0 Å². The molecule has 0 aliphatic heterocycles. The molecule has 0 spiro atoms. The number of rotatable bonds is 6. The van der Waals surface area contributed by atoms with E-state index in [0.717, 1.165) is 0 Å². The number of carbonyl (C=O) groups is 1. The van der Waals surface area contributed by atoms with Crippen molar-refractivity contribution in [1.29, 1.82) is 0 Å². The zero-order valence-electron chi connectivity index (χ0n) is 10.3. The lowest BCUT2D eigenvalue weighted by Crippen LogP contribution is -2.46. The van der Waals surface area contributed by atoms with Gasteiger partial charge in [-0.1, -0.05) is 0 Å². The van der Waals surface area contributed by atoms with Crippen molar-refractivity contribution >= 4 is 6.29 Å². The van der Waals surface area contributed by atoms with E-state index in [1.807, 2.05) is 0 Å². The second-order valence-electron chi connectivity index (χ2n) is 3.84. The molecule has 8 nitrogen and oxygen atoms in total. The highest BCUT2D eigenvalue weighted by atomic mass is 16.4.